The maximum absolute atomic E-state index is 6.24. The molecule has 282 valence electrons. The van der Waals surface area contributed by atoms with Crippen LogP contribution in [0.4, 0.5) is 17.1 Å². The molecule has 0 fully saturated rings. The number of hydrogen-bond acceptors (Lipinski definition) is 2. The molecule has 0 amide bonds. The minimum absolute atomic E-state index is 0.909. The molecule has 1 aromatic heterocycles. The lowest BCUT2D eigenvalue weighted by molar-refractivity contribution is 0.669. The van der Waals surface area contributed by atoms with E-state index in [1.54, 1.807) is 0 Å². The third-order valence-corrected chi connectivity index (χ3v) is 12.7. The van der Waals surface area contributed by atoms with Gasteiger partial charge in [-0.25, -0.2) is 0 Å². The maximum Gasteiger partial charge on any atom is 0.135 e. The van der Waals surface area contributed by atoms with Crippen molar-refractivity contribution >= 4 is 92.9 Å². The fourth-order valence-electron chi connectivity index (χ4n) is 9.83. The first-order valence-corrected chi connectivity index (χ1v) is 20.8. The van der Waals surface area contributed by atoms with Crippen LogP contribution in [0.2, 0.25) is 0 Å². The number of anilines is 3. The van der Waals surface area contributed by atoms with Gasteiger partial charge in [-0.2, -0.15) is 0 Å². The molecular weight excluding hydrogens is 727 g/mol. The lowest BCUT2D eigenvalue weighted by atomic mass is 9.85. The maximum atomic E-state index is 6.24. The summed E-state index contributed by atoms with van der Waals surface area (Å²) < 4.78 is 6.24. The van der Waals surface area contributed by atoms with Gasteiger partial charge in [0.25, 0.3) is 0 Å². The van der Waals surface area contributed by atoms with Crippen molar-refractivity contribution in [3.63, 3.8) is 0 Å². The van der Waals surface area contributed by atoms with Crippen molar-refractivity contribution in [2.24, 2.45) is 0 Å². The van der Waals surface area contributed by atoms with Crippen LogP contribution in [0, 0.1) is 13.8 Å². The van der Waals surface area contributed by atoms with Crippen LogP contribution in [0.25, 0.3) is 98.1 Å². The van der Waals surface area contributed by atoms with Crippen LogP contribution in [0.15, 0.2) is 205 Å². The first-order chi connectivity index (χ1) is 29.6. The molecule has 2 heteroatoms. The summed E-state index contributed by atoms with van der Waals surface area (Å²) in [6.45, 7) is 4.40. The Morgan fingerprint density at radius 1 is 0.317 bits per heavy atom. The van der Waals surface area contributed by atoms with Gasteiger partial charge in [0, 0.05) is 27.2 Å². The molecule has 0 aliphatic rings. The monoisotopic (exact) mass is 765 g/mol. The Bertz CT molecular complexity index is 3560. The standard InChI is InChI=1S/C58H39NO/c1-36-23-30-53(45-15-5-3-13-43(36)45)59(54-31-24-37(2)44-14-4-6-16-46(44)54)42-29-27-38-33-40(26-25-39(38)34-42)57-48-18-7-9-20-50(48)58(51-21-10-8-19-49(51)57)41-28-32-56-52(35-41)47-17-11-12-22-55(47)60-56/h3-35H,1-2H3. The minimum Gasteiger partial charge on any atom is -0.456 e. The van der Waals surface area contributed by atoms with Crippen molar-refractivity contribution in [2.45, 2.75) is 13.8 Å². The Labute approximate surface area is 348 Å². The highest BCUT2D eigenvalue weighted by atomic mass is 16.3. The van der Waals surface area contributed by atoms with Gasteiger partial charge in [0.15, 0.2) is 0 Å². The average molecular weight is 766 g/mol. The summed E-state index contributed by atoms with van der Waals surface area (Å²) in [5.74, 6) is 0. The summed E-state index contributed by atoms with van der Waals surface area (Å²) in [5, 5.41) is 14.6. The number of benzene rings is 11. The van der Waals surface area contributed by atoms with E-state index in [0.717, 1.165) is 27.6 Å². The molecule has 0 aliphatic heterocycles. The fourth-order valence-corrected chi connectivity index (χ4v) is 9.83. The Kier molecular flexibility index (Phi) is 7.70. The molecule has 0 aliphatic carbocycles. The van der Waals surface area contributed by atoms with E-state index in [1.807, 2.05) is 12.1 Å². The van der Waals surface area contributed by atoms with E-state index < -0.39 is 0 Å². The van der Waals surface area contributed by atoms with Crippen LogP contribution < -0.4 is 4.90 Å². The van der Waals surface area contributed by atoms with E-state index in [2.05, 4.69) is 207 Å². The largest absolute Gasteiger partial charge is 0.456 e. The molecule has 0 unspecified atom stereocenters. The van der Waals surface area contributed by atoms with E-state index in [1.165, 1.54) is 98.6 Å². The van der Waals surface area contributed by atoms with Gasteiger partial charge in [-0.15, -0.1) is 0 Å². The molecule has 0 saturated carbocycles. The summed E-state index contributed by atoms with van der Waals surface area (Å²) in [6, 6.07) is 73.4. The van der Waals surface area contributed by atoms with Crippen LogP contribution in [0.1, 0.15) is 11.1 Å². The summed E-state index contributed by atoms with van der Waals surface area (Å²) >= 11 is 0. The zero-order valence-electron chi connectivity index (χ0n) is 33.4. The van der Waals surface area contributed by atoms with Crippen LogP contribution in [-0.2, 0) is 0 Å². The van der Waals surface area contributed by atoms with Crippen molar-refractivity contribution < 1.29 is 4.42 Å². The van der Waals surface area contributed by atoms with Crippen molar-refractivity contribution in [1.82, 2.24) is 0 Å². The lowest BCUT2D eigenvalue weighted by Gasteiger charge is -2.29. The third-order valence-electron chi connectivity index (χ3n) is 12.7. The molecule has 0 saturated heterocycles. The highest BCUT2D eigenvalue weighted by Crippen LogP contribution is 2.47. The zero-order valence-corrected chi connectivity index (χ0v) is 33.4. The van der Waals surface area contributed by atoms with Gasteiger partial charge in [0.1, 0.15) is 11.2 Å². The number of aryl methyl sites for hydroxylation is 2. The zero-order chi connectivity index (χ0) is 39.9. The van der Waals surface area contributed by atoms with Gasteiger partial charge in [-0.1, -0.05) is 152 Å². The van der Waals surface area contributed by atoms with Crippen LogP contribution in [0.3, 0.4) is 0 Å². The number of rotatable bonds is 5. The van der Waals surface area contributed by atoms with Crippen molar-refractivity contribution in [1.29, 1.82) is 0 Å². The van der Waals surface area contributed by atoms with E-state index in [0.29, 0.717) is 0 Å². The molecule has 2 nitrogen and oxygen atoms in total. The number of hydrogen-bond donors (Lipinski definition) is 0. The van der Waals surface area contributed by atoms with Crippen molar-refractivity contribution in [3.05, 3.63) is 211 Å². The van der Waals surface area contributed by atoms with Gasteiger partial charge in [0.05, 0.1) is 11.4 Å². The lowest BCUT2D eigenvalue weighted by Crippen LogP contribution is -2.11. The first kappa shape index (κ1) is 34.4. The number of nitrogens with zero attached hydrogens (tertiary/aromatic N) is 1. The van der Waals surface area contributed by atoms with Crippen molar-refractivity contribution in [3.8, 4) is 22.3 Å². The molecule has 12 aromatic rings. The van der Waals surface area contributed by atoms with E-state index in [9.17, 15) is 0 Å². The predicted molar refractivity (Wildman–Crippen MR) is 256 cm³/mol. The summed E-state index contributed by atoms with van der Waals surface area (Å²) in [5.41, 5.74) is 12.7. The summed E-state index contributed by atoms with van der Waals surface area (Å²) in [6.07, 6.45) is 0. The van der Waals surface area contributed by atoms with E-state index >= 15 is 0 Å². The Balaban J connectivity index is 1.04. The molecular formula is C58H39NO. The molecule has 0 spiro atoms. The Morgan fingerprint density at radius 3 is 1.33 bits per heavy atom. The average Bonchev–Trinajstić information content (AvgIpc) is 3.68. The topological polar surface area (TPSA) is 16.4 Å². The molecule has 0 bridgehead atoms. The van der Waals surface area contributed by atoms with Gasteiger partial charge in [-0.05, 0) is 139 Å². The second-order valence-corrected chi connectivity index (χ2v) is 16.1. The SMILES string of the molecule is Cc1ccc(N(c2ccc3cc(-c4c5ccccc5c(-c5ccc6oc7ccccc7c6c5)c5ccccc45)ccc3c2)c2ccc(C)c3ccccc23)c2ccccc12. The summed E-state index contributed by atoms with van der Waals surface area (Å²) in [4.78, 5) is 2.46. The number of para-hydroxylation sites is 1. The minimum atomic E-state index is 0.909. The van der Waals surface area contributed by atoms with Crippen LogP contribution in [0.5, 0.6) is 0 Å². The van der Waals surface area contributed by atoms with Crippen LogP contribution >= 0.6 is 0 Å². The second-order valence-electron chi connectivity index (χ2n) is 16.1. The quantitative estimate of drug-likeness (QED) is 0.162. The molecule has 0 atom stereocenters. The molecule has 1 heterocycles. The molecule has 0 radical (unpaired) electrons. The highest BCUT2D eigenvalue weighted by Gasteiger charge is 2.21. The normalized spacial score (nSPS) is 11.8. The molecule has 0 N–H and O–H groups in total. The Morgan fingerprint density at radius 2 is 0.750 bits per heavy atom. The first-order valence-electron chi connectivity index (χ1n) is 20.8. The van der Waals surface area contributed by atoms with Gasteiger partial charge in [-0.3, -0.25) is 0 Å². The fraction of sp³-hybridized carbons (Fsp3) is 0.0345. The summed E-state index contributed by atoms with van der Waals surface area (Å²) in [7, 11) is 0. The van der Waals surface area contributed by atoms with Gasteiger partial charge < -0.3 is 9.32 Å². The highest BCUT2D eigenvalue weighted by molar-refractivity contribution is 6.22. The van der Waals surface area contributed by atoms with E-state index in [-0.39, 0.29) is 0 Å². The smallest absolute Gasteiger partial charge is 0.135 e. The molecule has 11 aromatic carbocycles. The third kappa shape index (κ3) is 5.28. The predicted octanol–water partition coefficient (Wildman–Crippen LogP) is 16.8. The Hall–Kier alpha value is -7.68. The number of fused-ring (bicyclic) bond motifs is 8. The second kappa shape index (κ2) is 13.4. The van der Waals surface area contributed by atoms with Crippen LogP contribution in [-0.4, -0.2) is 0 Å². The van der Waals surface area contributed by atoms with Crippen molar-refractivity contribution in [2.75, 3.05) is 4.90 Å². The van der Waals surface area contributed by atoms with E-state index in [4.69, 9.17) is 4.42 Å². The van der Waals surface area contributed by atoms with Gasteiger partial charge >= 0.3 is 0 Å². The van der Waals surface area contributed by atoms with Gasteiger partial charge in [0.2, 0.25) is 0 Å². The molecule has 60 heavy (non-hydrogen) atoms. The molecule has 12 rings (SSSR count). The number of furan rings is 1.